The smallest absolute Gasteiger partial charge is 0.221 e. The van der Waals surface area contributed by atoms with Gasteiger partial charge in [0.15, 0.2) is 0 Å². The average molecular weight is 311 g/mol. The monoisotopic (exact) mass is 311 g/mol. The van der Waals surface area contributed by atoms with Gasteiger partial charge in [0.05, 0.1) is 5.52 Å². The molecule has 1 amide bonds. The van der Waals surface area contributed by atoms with Gasteiger partial charge in [-0.05, 0) is 43.7 Å². The predicted molar refractivity (Wildman–Crippen MR) is 93.1 cm³/mol. The molecule has 1 heterocycles. The Balaban J connectivity index is 1.47. The molecule has 0 spiro atoms. The lowest BCUT2D eigenvalue weighted by atomic mass is 10.1. The van der Waals surface area contributed by atoms with E-state index in [0.29, 0.717) is 12.5 Å². The minimum Gasteiger partial charge on any atom is -0.353 e. The van der Waals surface area contributed by atoms with Crippen LogP contribution in [0.4, 0.5) is 0 Å². The number of nitrogens with zero attached hydrogens (tertiary/aromatic N) is 2. The van der Waals surface area contributed by atoms with Gasteiger partial charge >= 0.3 is 0 Å². The number of fused-ring (bicyclic) bond motifs is 1. The molecule has 4 nitrogen and oxygen atoms in total. The van der Waals surface area contributed by atoms with Crippen LogP contribution in [0.5, 0.6) is 0 Å². The third-order valence-electron chi connectivity index (χ3n) is 4.56. The molecule has 2 aromatic rings. The summed E-state index contributed by atoms with van der Waals surface area (Å²) in [6.45, 7) is 1.63. The highest BCUT2D eigenvalue weighted by Gasteiger charge is 2.17. The van der Waals surface area contributed by atoms with E-state index < -0.39 is 0 Å². The van der Waals surface area contributed by atoms with Gasteiger partial charge in [0.25, 0.3) is 0 Å². The number of amides is 1. The Kier molecular flexibility index (Phi) is 5.23. The predicted octanol–water partition coefficient (Wildman–Crippen LogP) is 3.12. The van der Waals surface area contributed by atoms with E-state index in [4.69, 9.17) is 0 Å². The fourth-order valence-corrected chi connectivity index (χ4v) is 3.28. The number of pyridine rings is 1. The minimum absolute atomic E-state index is 0.187. The van der Waals surface area contributed by atoms with E-state index in [0.717, 1.165) is 36.8 Å². The molecular formula is C19H25N3O. The Labute approximate surface area is 137 Å². The zero-order chi connectivity index (χ0) is 16.1. The topological polar surface area (TPSA) is 45.2 Å². The van der Waals surface area contributed by atoms with Gasteiger partial charge in [-0.3, -0.25) is 9.78 Å². The Hall–Kier alpha value is -1.94. The standard InChI is InChI=1S/C19H25N3O/c1-22(12-10-19(23)21-17-6-2-3-7-17)14-15-8-9-18-16(13-15)5-4-11-20-18/h4-5,8-9,11,13,17H,2-3,6-7,10,12,14H2,1H3,(H,21,23). The molecule has 0 bridgehead atoms. The van der Waals surface area contributed by atoms with E-state index in [1.165, 1.54) is 18.4 Å². The summed E-state index contributed by atoms with van der Waals surface area (Å²) < 4.78 is 0. The molecule has 0 radical (unpaired) electrons. The van der Waals surface area contributed by atoms with E-state index >= 15 is 0 Å². The summed E-state index contributed by atoms with van der Waals surface area (Å²) in [5.74, 6) is 0.187. The Bertz CT molecular complexity index is 664. The van der Waals surface area contributed by atoms with Gasteiger partial charge in [0, 0.05) is 37.1 Å². The van der Waals surface area contributed by atoms with Crippen LogP contribution < -0.4 is 5.32 Å². The number of aromatic nitrogens is 1. The van der Waals surface area contributed by atoms with Gasteiger partial charge in [-0.15, -0.1) is 0 Å². The minimum atomic E-state index is 0.187. The highest BCUT2D eigenvalue weighted by Crippen LogP contribution is 2.18. The van der Waals surface area contributed by atoms with E-state index in [1.54, 1.807) is 0 Å². The molecule has 0 unspecified atom stereocenters. The number of hydrogen-bond acceptors (Lipinski definition) is 3. The SMILES string of the molecule is CN(CCC(=O)NC1CCCC1)Cc1ccc2ncccc2c1. The second-order valence-corrected chi connectivity index (χ2v) is 6.57. The number of hydrogen-bond donors (Lipinski definition) is 1. The van der Waals surface area contributed by atoms with Crippen molar-refractivity contribution in [3.8, 4) is 0 Å². The van der Waals surface area contributed by atoms with Crippen molar-refractivity contribution in [1.29, 1.82) is 0 Å². The van der Waals surface area contributed by atoms with Gasteiger partial charge in [0.1, 0.15) is 0 Å². The van der Waals surface area contributed by atoms with E-state index in [-0.39, 0.29) is 5.91 Å². The van der Waals surface area contributed by atoms with Gasteiger partial charge < -0.3 is 10.2 Å². The molecule has 23 heavy (non-hydrogen) atoms. The fraction of sp³-hybridized carbons (Fsp3) is 0.474. The maximum atomic E-state index is 12.0. The molecule has 4 heteroatoms. The lowest BCUT2D eigenvalue weighted by molar-refractivity contribution is -0.122. The van der Waals surface area contributed by atoms with Crippen LogP contribution in [0.15, 0.2) is 36.5 Å². The summed E-state index contributed by atoms with van der Waals surface area (Å²) in [6, 6.07) is 10.8. The van der Waals surface area contributed by atoms with Crippen LogP contribution in [0.1, 0.15) is 37.7 Å². The molecule has 1 N–H and O–H groups in total. The molecule has 3 rings (SSSR count). The number of carbonyl (C=O) groups excluding carboxylic acids is 1. The van der Waals surface area contributed by atoms with Crippen LogP contribution in [-0.4, -0.2) is 35.4 Å². The number of nitrogens with one attached hydrogen (secondary N) is 1. The first kappa shape index (κ1) is 15.9. The second kappa shape index (κ2) is 7.55. The van der Waals surface area contributed by atoms with Crippen molar-refractivity contribution < 1.29 is 4.79 Å². The Morgan fingerprint density at radius 3 is 2.96 bits per heavy atom. The van der Waals surface area contributed by atoms with Crippen molar-refractivity contribution in [3.05, 3.63) is 42.1 Å². The molecular weight excluding hydrogens is 286 g/mol. The molecule has 1 aromatic carbocycles. The van der Waals surface area contributed by atoms with E-state index in [9.17, 15) is 4.79 Å². The first-order chi connectivity index (χ1) is 11.2. The highest BCUT2D eigenvalue weighted by atomic mass is 16.1. The first-order valence-corrected chi connectivity index (χ1v) is 8.52. The van der Waals surface area contributed by atoms with E-state index in [1.807, 2.05) is 12.3 Å². The summed E-state index contributed by atoms with van der Waals surface area (Å²) in [5, 5.41) is 4.31. The number of carbonyl (C=O) groups is 1. The van der Waals surface area contributed by atoms with Crippen molar-refractivity contribution in [2.75, 3.05) is 13.6 Å². The zero-order valence-corrected chi connectivity index (χ0v) is 13.8. The summed E-state index contributed by atoms with van der Waals surface area (Å²) in [4.78, 5) is 18.5. The molecule has 1 fully saturated rings. The van der Waals surface area contributed by atoms with Crippen LogP contribution >= 0.6 is 0 Å². The zero-order valence-electron chi connectivity index (χ0n) is 13.8. The average Bonchev–Trinajstić information content (AvgIpc) is 3.06. The molecule has 1 aliphatic rings. The summed E-state index contributed by atoms with van der Waals surface area (Å²) in [5.41, 5.74) is 2.28. The van der Waals surface area contributed by atoms with Crippen molar-refractivity contribution in [1.82, 2.24) is 15.2 Å². The van der Waals surface area contributed by atoms with Crippen LogP contribution in [0.2, 0.25) is 0 Å². The third kappa shape index (κ3) is 4.52. The van der Waals surface area contributed by atoms with Crippen molar-refractivity contribution in [2.45, 2.75) is 44.7 Å². The number of benzene rings is 1. The molecule has 1 aromatic heterocycles. The summed E-state index contributed by atoms with van der Waals surface area (Å²) in [6.07, 6.45) is 7.18. The Morgan fingerprint density at radius 1 is 1.30 bits per heavy atom. The summed E-state index contributed by atoms with van der Waals surface area (Å²) in [7, 11) is 2.07. The van der Waals surface area contributed by atoms with Crippen LogP contribution in [-0.2, 0) is 11.3 Å². The van der Waals surface area contributed by atoms with Gasteiger partial charge in [-0.1, -0.05) is 25.0 Å². The lowest BCUT2D eigenvalue weighted by Crippen LogP contribution is -2.34. The van der Waals surface area contributed by atoms with Gasteiger partial charge in [-0.2, -0.15) is 0 Å². The highest BCUT2D eigenvalue weighted by molar-refractivity contribution is 5.79. The summed E-state index contributed by atoms with van der Waals surface area (Å²) >= 11 is 0. The van der Waals surface area contributed by atoms with Crippen molar-refractivity contribution in [3.63, 3.8) is 0 Å². The van der Waals surface area contributed by atoms with Crippen molar-refractivity contribution in [2.24, 2.45) is 0 Å². The third-order valence-corrected chi connectivity index (χ3v) is 4.56. The normalized spacial score (nSPS) is 15.4. The van der Waals surface area contributed by atoms with Crippen LogP contribution in [0, 0.1) is 0 Å². The second-order valence-electron chi connectivity index (χ2n) is 6.57. The largest absolute Gasteiger partial charge is 0.353 e. The first-order valence-electron chi connectivity index (χ1n) is 8.52. The fourth-order valence-electron chi connectivity index (χ4n) is 3.28. The molecule has 122 valence electrons. The van der Waals surface area contributed by atoms with Crippen molar-refractivity contribution >= 4 is 16.8 Å². The van der Waals surface area contributed by atoms with Gasteiger partial charge in [0.2, 0.25) is 5.91 Å². The molecule has 1 saturated carbocycles. The van der Waals surface area contributed by atoms with Crippen LogP contribution in [0.25, 0.3) is 10.9 Å². The van der Waals surface area contributed by atoms with Gasteiger partial charge in [-0.25, -0.2) is 0 Å². The molecule has 1 aliphatic carbocycles. The molecule has 0 atom stereocenters. The maximum Gasteiger partial charge on any atom is 0.221 e. The maximum absolute atomic E-state index is 12.0. The Morgan fingerprint density at radius 2 is 2.13 bits per heavy atom. The lowest BCUT2D eigenvalue weighted by Gasteiger charge is -2.18. The molecule has 0 saturated heterocycles. The quantitative estimate of drug-likeness (QED) is 0.891. The molecule has 0 aliphatic heterocycles. The number of rotatable bonds is 6. The van der Waals surface area contributed by atoms with E-state index in [2.05, 4.69) is 46.5 Å². The van der Waals surface area contributed by atoms with Crippen LogP contribution in [0.3, 0.4) is 0 Å².